The van der Waals surface area contributed by atoms with Crippen LogP contribution in [0.5, 0.6) is 6.01 Å². The largest absolute Gasteiger partial charge is 0.461 e. The molecule has 15 heteroatoms. The van der Waals surface area contributed by atoms with E-state index in [1.807, 2.05) is 0 Å². The molecule has 5 heterocycles. The number of aromatic nitrogens is 3. The highest BCUT2D eigenvalue weighted by molar-refractivity contribution is 7.22. The van der Waals surface area contributed by atoms with Crippen LogP contribution in [-0.2, 0) is 6.18 Å². The van der Waals surface area contributed by atoms with Crippen LogP contribution in [0.15, 0.2) is 24.3 Å². The Kier molecular flexibility index (Phi) is 7.05. The van der Waals surface area contributed by atoms with Crippen LogP contribution in [0.4, 0.5) is 37.3 Å². The molecule has 44 heavy (non-hydrogen) atoms. The highest BCUT2D eigenvalue weighted by atomic mass is 32.1. The van der Waals surface area contributed by atoms with E-state index in [2.05, 4.69) is 25.2 Å². The average molecular weight is 638 g/mol. The Morgan fingerprint density at radius 1 is 1.16 bits per heavy atom. The van der Waals surface area contributed by atoms with Crippen molar-refractivity contribution in [1.82, 2.24) is 25.2 Å². The molecule has 3 aliphatic heterocycles. The lowest BCUT2D eigenvalue weighted by Gasteiger charge is -2.31. The molecular formula is C29H29F6N7OS. The second kappa shape index (κ2) is 10.6. The van der Waals surface area contributed by atoms with Crippen molar-refractivity contribution in [2.24, 2.45) is 0 Å². The summed E-state index contributed by atoms with van der Waals surface area (Å²) in [6.45, 7) is 1.53. The fraction of sp³-hybridized carbons (Fsp3) is 0.483. The maximum Gasteiger partial charge on any atom is 0.417 e. The van der Waals surface area contributed by atoms with Gasteiger partial charge < -0.3 is 20.7 Å². The lowest BCUT2D eigenvalue weighted by atomic mass is 9.95. The monoisotopic (exact) mass is 637 g/mol. The normalized spacial score (nSPS) is 25.8. The molecule has 0 amide bonds. The van der Waals surface area contributed by atoms with Crippen molar-refractivity contribution in [3.63, 3.8) is 0 Å². The zero-order valence-electron chi connectivity index (χ0n) is 23.6. The lowest BCUT2D eigenvalue weighted by Crippen LogP contribution is -2.43. The first-order valence-corrected chi connectivity index (χ1v) is 15.1. The second-order valence-corrected chi connectivity index (χ2v) is 12.8. The minimum atomic E-state index is -4.83. The summed E-state index contributed by atoms with van der Waals surface area (Å²) in [6, 6.07) is 3.68. The highest BCUT2D eigenvalue weighted by Gasteiger charge is 2.49. The number of halogens is 6. The SMILES string of the molecule is CN(c1nc(OC[C@@]23CCCN2C[C@H](F)C3)nc2cc(-c3ccc(F)c4sc(N)nc34)c(C(F)(F)F)cc12)[C@H]1CNC[C@H]1F. The molecule has 2 aromatic carbocycles. The first kappa shape index (κ1) is 29.3. The van der Waals surface area contributed by atoms with E-state index in [0.717, 1.165) is 42.9 Å². The molecule has 3 N–H and O–H groups in total. The van der Waals surface area contributed by atoms with Crippen LogP contribution in [0.1, 0.15) is 24.8 Å². The third kappa shape index (κ3) is 4.88. The van der Waals surface area contributed by atoms with Crippen LogP contribution in [0.2, 0.25) is 0 Å². The number of alkyl halides is 5. The number of nitrogens with two attached hydrogens (primary N) is 1. The fourth-order valence-corrected chi connectivity index (χ4v) is 7.72. The molecule has 0 saturated carbocycles. The van der Waals surface area contributed by atoms with Crippen molar-refractivity contribution in [3.05, 3.63) is 35.6 Å². The van der Waals surface area contributed by atoms with Gasteiger partial charge in [0.2, 0.25) is 0 Å². The molecule has 3 aliphatic rings. The molecule has 8 nitrogen and oxygen atoms in total. The molecule has 4 aromatic rings. The van der Waals surface area contributed by atoms with Crippen LogP contribution in [-0.4, -0.2) is 83.6 Å². The molecule has 7 rings (SSSR count). The van der Waals surface area contributed by atoms with Crippen LogP contribution < -0.4 is 20.7 Å². The van der Waals surface area contributed by atoms with Crippen molar-refractivity contribution >= 4 is 43.4 Å². The van der Waals surface area contributed by atoms with E-state index in [1.54, 1.807) is 7.05 Å². The quantitative estimate of drug-likeness (QED) is 0.274. The number of ether oxygens (including phenoxy) is 1. The summed E-state index contributed by atoms with van der Waals surface area (Å²) in [4.78, 5) is 16.7. The van der Waals surface area contributed by atoms with E-state index >= 15 is 0 Å². The molecule has 2 aromatic heterocycles. The predicted octanol–water partition coefficient (Wildman–Crippen LogP) is 5.35. The average Bonchev–Trinajstić information content (AvgIpc) is 3.73. The molecule has 0 unspecified atom stereocenters. The van der Waals surface area contributed by atoms with Gasteiger partial charge in [0.1, 0.15) is 30.6 Å². The van der Waals surface area contributed by atoms with Crippen molar-refractivity contribution in [3.8, 4) is 17.1 Å². The van der Waals surface area contributed by atoms with Crippen LogP contribution in [0, 0.1) is 5.82 Å². The van der Waals surface area contributed by atoms with Crippen LogP contribution >= 0.6 is 11.3 Å². The number of rotatable bonds is 6. The zero-order chi connectivity index (χ0) is 31.0. The minimum absolute atomic E-state index is 0.0000398. The van der Waals surface area contributed by atoms with E-state index < -0.39 is 41.5 Å². The maximum atomic E-state index is 14.9. The number of likely N-dealkylation sites (N-methyl/N-ethyl adjacent to an activating group) is 1. The van der Waals surface area contributed by atoms with E-state index in [0.29, 0.717) is 13.0 Å². The standard InChI is InChI=1S/C29H29F6N7OS/c1-41(22-11-37-10-20(22)32)25-17-7-18(29(33,34)35)16(15-3-4-19(31)24-23(15)39-26(36)44-24)8-21(17)38-27(40-25)43-13-28-5-2-6-42(28)12-14(30)9-28/h3-4,7-8,14,20,22,37H,2,5-6,9-13H2,1H3,(H2,36,39)/t14-,20-,22+,28+/m1/s1. The van der Waals surface area contributed by atoms with E-state index in [4.69, 9.17) is 10.5 Å². The molecule has 0 aliphatic carbocycles. The van der Waals surface area contributed by atoms with E-state index in [-0.39, 0.29) is 68.9 Å². The Balaban J connectivity index is 1.40. The summed E-state index contributed by atoms with van der Waals surface area (Å²) in [7, 11) is 1.57. The number of hydrogen-bond acceptors (Lipinski definition) is 9. The first-order chi connectivity index (χ1) is 20.9. The summed E-state index contributed by atoms with van der Waals surface area (Å²) in [6.07, 6.45) is -5.16. The van der Waals surface area contributed by atoms with Crippen LogP contribution in [0.25, 0.3) is 32.2 Å². The van der Waals surface area contributed by atoms with Crippen molar-refractivity contribution in [1.29, 1.82) is 0 Å². The molecule has 4 atom stereocenters. The van der Waals surface area contributed by atoms with Crippen LogP contribution in [0.3, 0.4) is 0 Å². The Bertz CT molecular complexity index is 1750. The third-order valence-corrected chi connectivity index (χ3v) is 9.97. The molecule has 234 valence electrons. The number of benzene rings is 2. The predicted molar refractivity (Wildman–Crippen MR) is 156 cm³/mol. The summed E-state index contributed by atoms with van der Waals surface area (Å²) < 4.78 is 93.9. The van der Waals surface area contributed by atoms with Crippen molar-refractivity contribution < 1.29 is 31.1 Å². The Hall–Kier alpha value is -3.43. The second-order valence-electron chi connectivity index (χ2n) is 11.8. The van der Waals surface area contributed by atoms with Gasteiger partial charge in [-0.1, -0.05) is 11.3 Å². The number of nitrogens with zero attached hydrogens (tertiary/aromatic N) is 5. The van der Waals surface area contributed by atoms with Gasteiger partial charge in [0.15, 0.2) is 5.13 Å². The fourth-order valence-electron chi connectivity index (χ4n) is 6.96. The molecule has 3 fully saturated rings. The lowest BCUT2D eigenvalue weighted by molar-refractivity contribution is -0.137. The minimum Gasteiger partial charge on any atom is -0.461 e. The smallest absolute Gasteiger partial charge is 0.417 e. The number of hydrogen-bond donors (Lipinski definition) is 2. The van der Waals surface area contributed by atoms with E-state index in [1.165, 1.54) is 17.0 Å². The van der Waals surface area contributed by atoms with Gasteiger partial charge in [0.05, 0.1) is 32.9 Å². The highest BCUT2D eigenvalue weighted by Crippen LogP contribution is 2.45. The van der Waals surface area contributed by atoms with Gasteiger partial charge in [-0.15, -0.1) is 0 Å². The number of anilines is 2. The van der Waals surface area contributed by atoms with Gasteiger partial charge in [0.25, 0.3) is 0 Å². The van der Waals surface area contributed by atoms with Gasteiger partial charge in [-0.3, -0.25) is 4.90 Å². The van der Waals surface area contributed by atoms with Crippen molar-refractivity contribution in [2.75, 3.05) is 50.5 Å². The summed E-state index contributed by atoms with van der Waals surface area (Å²) in [5, 5.41) is 3.01. The molecule has 3 saturated heterocycles. The number of nitrogen functional groups attached to an aromatic ring is 1. The third-order valence-electron chi connectivity index (χ3n) is 9.07. The number of nitrogens with one attached hydrogen (secondary N) is 1. The summed E-state index contributed by atoms with van der Waals surface area (Å²) in [5.41, 5.74) is 4.14. The topological polar surface area (TPSA) is 92.4 Å². The molecule has 0 spiro atoms. The number of thiazole rings is 1. The van der Waals surface area contributed by atoms with Gasteiger partial charge in [-0.2, -0.15) is 23.1 Å². The van der Waals surface area contributed by atoms with Gasteiger partial charge in [0, 0.05) is 44.1 Å². The Labute approximate surface area is 252 Å². The number of fused-ring (bicyclic) bond motifs is 3. The zero-order valence-corrected chi connectivity index (χ0v) is 24.4. The van der Waals surface area contributed by atoms with Gasteiger partial charge in [-0.05, 0) is 49.2 Å². The van der Waals surface area contributed by atoms with Gasteiger partial charge in [-0.25, -0.2) is 18.2 Å². The Morgan fingerprint density at radius 3 is 2.73 bits per heavy atom. The molecular weight excluding hydrogens is 608 g/mol. The Morgan fingerprint density at radius 2 is 1.98 bits per heavy atom. The summed E-state index contributed by atoms with van der Waals surface area (Å²) >= 11 is 0.839. The van der Waals surface area contributed by atoms with Crippen molar-refractivity contribution in [2.45, 2.75) is 49.4 Å². The summed E-state index contributed by atoms with van der Waals surface area (Å²) in [5.74, 6) is -0.584. The maximum absolute atomic E-state index is 14.9. The first-order valence-electron chi connectivity index (χ1n) is 14.3. The van der Waals surface area contributed by atoms with Gasteiger partial charge >= 0.3 is 12.2 Å². The van der Waals surface area contributed by atoms with E-state index in [9.17, 15) is 26.3 Å². The molecule has 0 bridgehead atoms. The molecule has 0 radical (unpaired) electrons.